The summed E-state index contributed by atoms with van der Waals surface area (Å²) in [6.45, 7) is 4.01. The first-order chi connectivity index (χ1) is 12.1. The van der Waals surface area contributed by atoms with Crippen molar-refractivity contribution in [1.82, 2.24) is 14.6 Å². The fraction of sp³-hybridized carbons (Fsp3) is 0.167. The minimum atomic E-state index is -0.0731. The largest absolute Gasteiger partial charge is 0.463 e. The van der Waals surface area contributed by atoms with Crippen molar-refractivity contribution in [2.45, 2.75) is 18.9 Å². The fourth-order valence-electron chi connectivity index (χ4n) is 2.79. The second kappa shape index (κ2) is 6.25. The highest BCUT2D eigenvalue weighted by Crippen LogP contribution is 2.27. The molecule has 3 heterocycles. The summed E-state index contributed by atoms with van der Waals surface area (Å²) >= 11 is 1.36. The van der Waals surface area contributed by atoms with Crippen molar-refractivity contribution in [3.05, 3.63) is 54.0 Å². The summed E-state index contributed by atoms with van der Waals surface area (Å²) in [6, 6.07) is 9.75. The number of carbonyl (C=O) groups is 1. The number of fused-ring (bicyclic) bond motifs is 3. The van der Waals surface area contributed by atoms with Crippen molar-refractivity contribution < 1.29 is 9.21 Å². The average Bonchev–Trinajstić information content (AvgIpc) is 3.17. The quantitative estimate of drug-likeness (QED) is 0.565. The highest BCUT2D eigenvalue weighted by molar-refractivity contribution is 8.00. The van der Waals surface area contributed by atoms with Crippen molar-refractivity contribution in [1.29, 1.82) is 0 Å². The van der Waals surface area contributed by atoms with Crippen LogP contribution in [-0.2, 0) is 4.79 Å². The molecule has 0 spiro atoms. The van der Waals surface area contributed by atoms with E-state index < -0.39 is 0 Å². The van der Waals surface area contributed by atoms with Crippen LogP contribution in [0.1, 0.15) is 11.1 Å². The summed E-state index contributed by atoms with van der Waals surface area (Å²) in [6.07, 6.45) is 3.29. The molecule has 0 bridgehead atoms. The monoisotopic (exact) mass is 352 g/mol. The maximum Gasteiger partial charge on any atom is 0.234 e. The fourth-order valence-corrected chi connectivity index (χ4v) is 3.54. The minimum Gasteiger partial charge on any atom is -0.463 e. The molecule has 0 saturated heterocycles. The van der Waals surface area contributed by atoms with E-state index in [2.05, 4.69) is 15.5 Å². The lowest BCUT2D eigenvalue weighted by Crippen LogP contribution is -2.15. The van der Waals surface area contributed by atoms with Gasteiger partial charge >= 0.3 is 0 Å². The number of benzene rings is 1. The molecule has 6 nitrogen and oxygen atoms in total. The standard InChI is InChI=1S/C18H16N4O2S/c1-11-3-4-13(12(2)7-11)20-17(23)9-25-18-15-8-16-14(5-6-24-16)22(15)10-19-21-18/h3-8,10H,9H2,1-2H3,(H,20,23). The van der Waals surface area contributed by atoms with Crippen LogP contribution in [0, 0.1) is 13.8 Å². The highest BCUT2D eigenvalue weighted by Gasteiger charge is 2.13. The number of hydrogen-bond donors (Lipinski definition) is 1. The van der Waals surface area contributed by atoms with Gasteiger partial charge < -0.3 is 9.73 Å². The summed E-state index contributed by atoms with van der Waals surface area (Å²) in [5, 5.41) is 11.8. The molecular weight excluding hydrogens is 336 g/mol. The molecule has 25 heavy (non-hydrogen) atoms. The highest BCUT2D eigenvalue weighted by atomic mass is 32.2. The lowest BCUT2D eigenvalue weighted by Gasteiger charge is -2.09. The van der Waals surface area contributed by atoms with Crippen molar-refractivity contribution in [3.63, 3.8) is 0 Å². The van der Waals surface area contributed by atoms with E-state index in [0.717, 1.165) is 27.9 Å². The molecule has 4 rings (SSSR count). The lowest BCUT2D eigenvalue weighted by molar-refractivity contribution is -0.113. The van der Waals surface area contributed by atoms with E-state index in [0.29, 0.717) is 5.03 Å². The molecule has 7 heteroatoms. The molecule has 1 N–H and O–H groups in total. The average molecular weight is 352 g/mol. The SMILES string of the molecule is Cc1ccc(NC(=O)CSc2nncn3c2cc2occc23)c(C)c1. The summed E-state index contributed by atoms with van der Waals surface area (Å²) in [5.74, 6) is 0.185. The zero-order chi connectivity index (χ0) is 17.4. The minimum absolute atomic E-state index is 0.0731. The zero-order valence-corrected chi connectivity index (χ0v) is 14.6. The molecule has 0 radical (unpaired) electrons. The van der Waals surface area contributed by atoms with Gasteiger partial charge in [-0.2, -0.15) is 0 Å². The number of thioether (sulfide) groups is 1. The molecule has 0 aliphatic rings. The molecule has 3 aromatic heterocycles. The number of furan rings is 1. The van der Waals surface area contributed by atoms with Crippen LogP contribution in [0.25, 0.3) is 16.6 Å². The molecule has 126 valence electrons. The summed E-state index contributed by atoms with van der Waals surface area (Å²) < 4.78 is 7.33. The van der Waals surface area contributed by atoms with Crippen LogP contribution in [0.3, 0.4) is 0 Å². The van der Waals surface area contributed by atoms with Crippen molar-refractivity contribution in [3.8, 4) is 0 Å². The van der Waals surface area contributed by atoms with Crippen LogP contribution in [-0.4, -0.2) is 26.3 Å². The van der Waals surface area contributed by atoms with Gasteiger partial charge in [-0.05, 0) is 25.5 Å². The number of carbonyl (C=O) groups excluding carboxylic acids is 1. The van der Waals surface area contributed by atoms with E-state index in [4.69, 9.17) is 4.42 Å². The topological polar surface area (TPSA) is 72.4 Å². The molecule has 0 saturated carbocycles. The molecule has 0 aliphatic heterocycles. The zero-order valence-electron chi connectivity index (χ0n) is 13.8. The molecule has 0 unspecified atom stereocenters. The number of nitrogens with zero attached hydrogens (tertiary/aromatic N) is 3. The summed E-state index contributed by atoms with van der Waals surface area (Å²) in [4.78, 5) is 12.3. The first-order valence-electron chi connectivity index (χ1n) is 7.81. The first kappa shape index (κ1) is 15.7. The number of aryl methyl sites for hydroxylation is 2. The van der Waals surface area contributed by atoms with E-state index in [-0.39, 0.29) is 11.7 Å². The number of rotatable bonds is 4. The number of amides is 1. The Morgan fingerprint density at radius 1 is 1.24 bits per heavy atom. The Balaban J connectivity index is 1.51. The van der Waals surface area contributed by atoms with Crippen molar-refractivity contribution in [2.24, 2.45) is 0 Å². The van der Waals surface area contributed by atoms with Crippen LogP contribution in [0.15, 0.2) is 52.4 Å². The second-order valence-electron chi connectivity index (χ2n) is 5.86. The Morgan fingerprint density at radius 3 is 2.96 bits per heavy atom. The molecule has 1 aromatic carbocycles. The molecule has 1 amide bonds. The number of hydrogen-bond acceptors (Lipinski definition) is 5. The maximum atomic E-state index is 12.3. The van der Waals surface area contributed by atoms with Gasteiger partial charge in [-0.3, -0.25) is 9.20 Å². The van der Waals surface area contributed by atoms with Gasteiger partial charge in [-0.15, -0.1) is 10.2 Å². The molecule has 0 aliphatic carbocycles. The Labute approximate surface area is 148 Å². The van der Waals surface area contributed by atoms with E-state index in [9.17, 15) is 4.79 Å². The molecular formula is C18H16N4O2S. The van der Waals surface area contributed by atoms with Gasteiger partial charge in [0.05, 0.1) is 23.0 Å². The van der Waals surface area contributed by atoms with Gasteiger partial charge in [0.15, 0.2) is 5.58 Å². The lowest BCUT2D eigenvalue weighted by atomic mass is 10.1. The summed E-state index contributed by atoms with van der Waals surface area (Å²) in [7, 11) is 0. The van der Waals surface area contributed by atoms with Crippen LogP contribution >= 0.6 is 11.8 Å². The molecule has 4 aromatic rings. The van der Waals surface area contributed by atoms with Gasteiger partial charge in [-0.1, -0.05) is 29.5 Å². The van der Waals surface area contributed by atoms with E-state index in [1.165, 1.54) is 17.3 Å². The van der Waals surface area contributed by atoms with Gasteiger partial charge in [-0.25, -0.2) is 0 Å². The Morgan fingerprint density at radius 2 is 2.12 bits per heavy atom. The van der Waals surface area contributed by atoms with E-state index in [1.807, 2.05) is 48.6 Å². The number of aromatic nitrogens is 3. The normalized spacial score (nSPS) is 11.3. The third-order valence-electron chi connectivity index (χ3n) is 3.99. The predicted molar refractivity (Wildman–Crippen MR) is 98.0 cm³/mol. The molecule has 0 atom stereocenters. The van der Waals surface area contributed by atoms with Crippen LogP contribution in [0.2, 0.25) is 0 Å². The van der Waals surface area contributed by atoms with Crippen LogP contribution < -0.4 is 5.32 Å². The van der Waals surface area contributed by atoms with Gasteiger partial charge in [0.2, 0.25) is 5.91 Å². The third kappa shape index (κ3) is 2.98. The first-order valence-corrected chi connectivity index (χ1v) is 8.80. The van der Waals surface area contributed by atoms with Crippen LogP contribution in [0.5, 0.6) is 0 Å². The van der Waals surface area contributed by atoms with Gasteiger partial charge in [0.25, 0.3) is 0 Å². The Hall–Kier alpha value is -2.80. The van der Waals surface area contributed by atoms with E-state index >= 15 is 0 Å². The third-order valence-corrected chi connectivity index (χ3v) is 4.96. The second-order valence-corrected chi connectivity index (χ2v) is 6.83. The van der Waals surface area contributed by atoms with E-state index in [1.54, 1.807) is 12.6 Å². The van der Waals surface area contributed by atoms with Crippen LogP contribution in [0.4, 0.5) is 5.69 Å². The maximum absolute atomic E-state index is 12.3. The number of nitrogens with one attached hydrogen (secondary N) is 1. The number of anilines is 1. The Bertz CT molecular complexity index is 1080. The smallest absolute Gasteiger partial charge is 0.234 e. The molecule has 0 fully saturated rings. The van der Waals surface area contributed by atoms with Crippen molar-refractivity contribution in [2.75, 3.05) is 11.1 Å². The predicted octanol–water partition coefficient (Wildman–Crippen LogP) is 3.82. The Kier molecular flexibility index (Phi) is 3.93. The van der Waals surface area contributed by atoms with Crippen molar-refractivity contribution >= 4 is 40.0 Å². The van der Waals surface area contributed by atoms with Gasteiger partial charge in [0, 0.05) is 17.8 Å². The van der Waals surface area contributed by atoms with Gasteiger partial charge in [0.1, 0.15) is 11.4 Å². The summed E-state index contributed by atoms with van der Waals surface area (Å²) in [5.41, 5.74) is 5.65.